The molecule has 6 heteroatoms. The first kappa shape index (κ1) is 18.5. The van der Waals surface area contributed by atoms with Crippen molar-refractivity contribution < 1.29 is 0 Å². The van der Waals surface area contributed by atoms with E-state index < -0.39 is 0 Å². The summed E-state index contributed by atoms with van der Waals surface area (Å²) in [5.74, 6) is 1.48. The summed E-state index contributed by atoms with van der Waals surface area (Å²) in [5, 5.41) is 14.8. The van der Waals surface area contributed by atoms with Gasteiger partial charge in [-0.2, -0.15) is 9.78 Å². The van der Waals surface area contributed by atoms with Crippen LogP contribution in [0.3, 0.4) is 0 Å². The normalized spacial score (nSPS) is 11.2. The van der Waals surface area contributed by atoms with Gasteiger partial charge in [0.15, 0.2) is 5.82 Å². The monoisotopic (exact) mass is 404 g/mol. The summed E-state index contributed by atoms with van der Waals surface area (Å²) in [7, 11) is 0. The van der Waals surface area contributed by atoms with Crippen molar-refractivity contribution in [3.8, 4) is 11.4 Å². The minimum Gasteiger partial charge on any atom is -0.187 e. The maximum Gasteiger partial charge on any atom is 0.212 e. The van der Waals surface area contributed by atoms with Crippen LogP contribution in [0.15, 0.2) is 95.2 Å². The second-order valence-corrected chi connectivity index (χ2v) is 7.37. The van der Waals surface area contributed by atoms with Crippen LogP contribution in [-0.2, 0) is 5.75 Å². The maximum absolute atomic E-state index is 6.27. The molecular weight excluding hydrogens is 388 g/mol. The van der Waals surface area contributed by atoms with Gasteiger partial charge in [-0.1, -0.05) is 102 Å². The molecule has 0 saturated carbocycles. The van der Waals surface area contributed by atoms with Gasteiger partial charge in [-0.05, 0) is 11.6 Å². The van der Waals surface area contributed by atoms with Gasteiger partial charge in [0.05, 0.1) is 6.21 Å². The first-order chi connectivity index (χ1) is 13.8. The second kappa shape index (κ2) is 8.87. The van der Waals surface area contributed by atoms with E-state index in [4.69, 9.17) is 11.6 Å². The molecule has 0 N–H and O–H groups in total. The van der Waals surface area contributed by atoms with Crippen molar-refractivity contribution in [1.82, 2.24) is 14.9 Å². The Morgan fingerprint density at radius 3 is 2.29 bits per heavy atom. The average Bonchev–Trinajstić information content (AvgIpc) is 3.16. The van der Waals surface area contributed by atoms with Crippen molar-refractivity contribution in [2.75, 3.05) is 0 Å². The molecule has 4 aromatic rings. The van der Waals surface area contributed by atoms with Crippen LogP contribution in [0.5, 0.6) is 0 Å². The first-order valence-electron chi connectivity index (χ1n) is 8.78. The van der Waals surface area contributed by atoms with Crippen LogP contribution in [0, 0.1) is 0 Å². The molecule has 3 aromatic carbocycles. The Morgan fingerprint density at radius 2 is 1.54 bits per heavy atom. The van der Waals surface area contributed by atoms with Crippen molar-refractivity contribution in [2.45, 2.75) is 10.9 Å². The number of hydrogen-bond acceptors (Lipinski definition) is 4. The molecule has 0 spiro atoms. The van der Waals surface area contributed by atoms with E-state index in [1.807, 2.05) is 72.8 Å². The Hall–Kier alpha value is -2.89. The minimum absolute atomic E-state index is 0.652. The summed E-state index contributed by atoms with van der Waals surface area (Å²) < 4.78 is 1.77. The van der Waals surface area contributed by atoms with Crippen LogP contribution in [0.4, 0.5) is 0 Å². The highest BCUT2D eigenvalue weighted by Crippen LogP contribution is 2.26. The molecule has 0 bridgehead atoms. The standard InChI is InChI=1S/C22H17ClN4S/c23-20-14-8-7-13-19(20)15-24-27-21(18-11-5-2-6-12-18)25-26-22(27)28-16-17-9-3-1-4-10-17/h1-15H,16H2/b24-15+. The van der Waals surface area contributed by atoms with E-state index in [9.17, 15) is 0 Å². The molecule has 0 amide bonds. The molecule has 138 valence electrons. The van der Waals surface area contributed by atoms with Crippen LogP contribution in [0.2, 0.25) is 5.02 Å². The third-order valence-corrected chi connectivity index (χ3v) is 5.41. The molecule has 0 atom stereocenters. The lowest BCUT2D eigenvalue weighted by Gasteiger charge is -2.05. The Kier molecular flexibility index (Phi) is 5.85. The van der Waals surface area contributed by atoms with Gasteiger partial charge in [0.25, 0.3) is 0 Å². The van der Waals surface area contributed by atoms with E-state index in [1.54, 1.807) is 22.7 Å². The van der Waals surface area contributed by atoms with E-state index in [0.717, 1.165) is 22.0 Å². The molecule has 0 unspecified atom stereocenters. The molecule has 1 heterocycles. The van der Waals surface area contributed by atoms with E-state index in [1.165, 1.54) is 5.56 Å². The third kappa shape index (κ3) is 4.32. The lowest BCUT2D eigenvalue weighted by Crippen LogP contribution is -1.97. The highest BCUT2D eigenvalue weighted by Gasteiger charge is 2.14. The van der Waals surface area contributed by atoms with Gasteiger partial charge in [-0.15, -0.1) is 10.2 Å². The van der Waals surface area contributed by atoms with E-state index in [0.29, 0.717) is 10.8 Å². The first-order valence-corrected chi connectivity index (χ1v) is 10.1. The van der Waals surface area contributed by atoms with Gasteiger partial charge in [0.1, 0.15) is 0 Å². The summed E-state index contributed by atoms with van der Waals surface area (Å²) >= 11 is 7.86. The number of hydrogen-bond donors (Lipinski definition) is 0. The zero-order chi connectivity index (χ0) is 19.2. The topological polar surface area (TPSA) is 43.1 Å². The Balaban J connectivity index is 1.68. The summed E-state index contributed by atoms with van der Waals surface area (Å²) in [6, 6.07) is 27.8. The fraction of sp³-hybridized carbons (Fsp3) is 0.0455. The predicted octanol–water partition coefficient (Wildman–Crippen LogP) is 5.77. The molecule has 0 fully saturated rings. The molecule has 0 radical (unpaired) electrons. The van der Waals surface area contributed by atoms with Gasteiger partial charge >= 0.3 is 0 Å². The van der Waals surface area contributed by atoms with Crippen molar-refractivity contribution in [1.29, 1.82) is 0 Å². The maximum atomic E-state index is 6.27. The van der Waals surface area contributed by atoms with Crippen molar-refractivity contribution in [3.63, 3.8) is 0 Å². The molecule has 0 aliphatic carbocycles. The smallest absolute Gasteiger partial charge is 0.187 e. The molecule has 0 saturated heterocycles. The number of rotatable bonds is 6. The van der Waals surface area contributed by atoms with Gasteiger partial charge in [-0.25, -0.2) is 0 Å². The molecule has 4 rings (SSSR count). The number of halogens is 1. The fourth-order valence-corrected chi connectivity index (χ4v) is 3.68. The highest BCUT2D eigenvalue weighted by molar-refractivity contribution is 7.98. The number of benzene rings is 3. The van der Waals surface area contributed by atoms with Gasteiger partial charge in [0.2, 0.25) is 5.16 Å². The Labute approximate surface area is 172 Å². The minimum atomic E-state index is 0.652. The van der Waals surface area contributed by atoms with E-state index in [-0.39, 0.29) is 0 Å². The van der Waals surface area contributed by atoms with Crippen LogP contribution in [-0.4, -0.2) is 21.1 Å². The van der Waals surface area contributed by atoms with Gasteiger partial charge in [0, 0.05) is 21.9 Å². The lowest BCUT2D eigenvalue weighted by molar-refractivity contribution is 0.772. The second-order valence-electron chi connectivity index (χ2n) is 6.02. The molecule has 0 aliphatic heterocycles. The van der Waals surface area contributed by atoms with Crippen molar-refractivity contribution in [2.24, 2.45) is 5.10 Å². The molecular formula is C22H17ClN4S. The zero-order valence-corrected chi connectivity index (χ0v) is 16.5. The number of nitrogens with zero attached hydrogens (tertiary/aromatic N) is 4. The molecule has 1 aromatic heterocycles. The lowest BCUT2D eigenvalue weighted by atomic mass is 10.2. The number of aromatic nitrogens is 3. The molecule has 0 aliphatic rings. The van der Waals surface area contributed by atoms with Crippen LogP contribution in [0.1, 0.15) is 11.1 Å². The zero-order valence-electron chi connectivity index (χ0n) is 14.9. The van der Waals surface area contributed by atoms with Crippen LogP contribution < -0.4 is 0 Å². The predicted molar refractivity (Wildman–Crippen MR) is 116 cm³/mol. The van der Waals surface area contributed by atoms with E-state index >= 15 is 0 Å². The highest BCUT2D eigenvalue weighted by atomic mass is 35.5. The molecule has 4 nitrogen and oxygen atoms in total. The van der Waals surface area contributed by atoms with Gasteiger partial charge in [-0.3, -0.25) is 0 Å². The van der Waals surface area contributed by atoms with Crippen molar-refractivity contribution in [3.05, 3.63) is 101 Å². The summed E-state index contributed by atoms with van der Waals surface area (Å²) in [4.78, 5) is 0. The third-order valence-electron chi connectivity index (χ3n) is 4.07. The fourth-order valence-electron chi connectivity index (χ4n) is 2.65. The largest absolute Gasteiger partial charge is 0.212 e. The van der Waals surface area contributed by atoms with Crippen LogP contribution >= 0.6 is 23.4 Å². The summed E-state index contributed by atoms with van der Waals surface area (Å²) in [6.45, 7) is 0. The SMILES string of the molecule is Clc1ccccc1/C=N/n1c(SCc2ccccc2)nnc1-c1ccccc1. The molecule has 28 heavy (non-hydrogen) atoms. The Bertz CT molecular complexity index is 1080. The van der Waals surface area contributed by atoms with Crippen molar-refractivity contribution >= 4 is 29.6 Å². The van der Waals surface area contributed by atoms with Gasteiger partial charge < -0.3 is 0 Å². The Morgan fingerprint density at radius 1 is 0.857 bits per heavy atom. The summed E-state index contributed by atoms with van der Waals surface area (Å²) in [6.07, 6.45) is 1.74. The van der Waals surface area contributed by atoms with Crippen LogP contribution in [0.25, 0.3) is 11.4 Å². The number of thioether (sulfide) groups is 1. The van der Waals surface area contributed by atoms with E-state index in [2.05, 4.69) is 27.4 Å². The summed E-state index contributed by atoms with van der Waals surface area (Å²) in [5.41, 5.74) is 3.02. The quantitative estimate of drug-likeness (QED) is 0.302. The average molecular weight is 405 g/mol.